The molecule has 0 bridgehead atoms. The maximum Gasteiger partial charge on any atom is -0.000764 e. The summed E-state index contributed by atoms with van der Waals surface area (Å²) in [6, 6.07) is 89.2. The van der Waals surface area contributed by atoms with Crippen LogP contribution in [0.5, 0.6) is 0 Å². The van der Waals surface area contributed by atoms with Gasteiger partial charge in [-0.3, -0.25) is 0 Å². The molecule has 0 heteroatoms. The van der Waals surface area contributed by atoms with Crippen LogP contribution in [0, 0.1) is 0 Å². The third-order valence-corrected chi connectivity index (χ3v) is 12.1. The van der Waals surface area contributed by atoms with Crippen molar-refractivity contribution < 1.29 is 0 Å². The van der Waals surface area contributed by atoms with Crippen LogP contribution in [0.3, 0.4) is 0 Å². The molecule has 0 aliphatic heterocycles. The van der Waals surface area contributed by atoms with Gasteiger partial charge < -0.3 is 0 Å². The monoisotopic (exact) mass is 760 g/mol. The van der Waals surface area contributed by atoms with E-state index in [4.69, 9.17) is 0 Å². The van der Waals surface area contributed by atoms with Gasteiger partial charge in [0.15, 0.2) is 0 Å². The van der Waals surface area contributed by atoms with Crippen LogP contribution in [0.1, 0.15) is 0 Å². The Labute approximate surface area is 351 Å². The molecule has 0 saturated carbocycles. The number of hydrogen-bond acceptors (Lipinski definition) is 0. The summed E-state index contributed by atoms with van der Waals surface area (Å²) >= 11 is 0. The maximum atomic E-state index is 2.50. The summed E-state index contributed by atoms with van der Waals surface area (Å²) < 4.78 is 0. The van der Waals surface area contributed by atoms with Gasteiger partial charge in [-0.15, -0.1) is 0 Å². The van der Waals surface area contributed by atoms with Crippen LogP contribution in [0.15, 0.2) is 243 Å². The Balaban J connectivity index is 1.41. The van der Waals surface area contributed by atoms with Crippen LogP contribution < -0.4 is 0 Å². The minimum Gasteiger partial charge on any atom is -0.0622 e. The molecule has 0 aliphatic rings. The fraction of sp³-hybridized carbons (Fsp3) is 0. The Morgan fingerprint density at radius 1 is 0.167 bits per heavy atom. The molecule has 11 aromatic carbocycles. The summed E-state index contributed by atoms with van der Waals surface area (Å²) in [6.07, 6.45) is 0. The second-order valence-electron chi connectivity index (χ2n) is 15.5. The summed E-state index contributed by atoms with van der Waals surface area (Å²) in [5.74, 6) is 0. The topological polar surface area (TPSA) is 0 Å². The molecule has 0 unspecified atom stereocenters. The molecule has 0 radical (unpaired) electrons. The van der Waals surface area contributed by atoms with Gasteiger partial charge in [0.2, 0.25) is 0 Å². The van der Waals surface area contributed by atoms with Crippen molar-refractivity contribution >= 4 is 32.3 Å². The average molecular weight is 761 g/mol. The lowest BCUT2D eigenvalue weighted by Gasteiger charge is -2.27. The molecule has 0 aromatic heterocycles. The summed E-state index contributed by atoms with van der Waals surface area (Å²) in [4.78, 5) is 0. The van der Waals surface area contributed by atoms with Gasteiger partial charge >= 0.3 is 0 Å². The molecule has 11 rings (SSSR count). The van der Waals surface area contributed by atoms with Gasteiger partial charge in [0, 0.05) is 0 Å². The summed E-state index contributed by atoms with van der Waals surface area (Å²) in [6.45, 7) is 0. The Morgan fingerprint density at radius 2 is 0.567 bits per heavy atom. The van der Waals surface area contributed by atoms with E-state index in [-0.39, 0.29) is 0 Å². The highest BCUT2D eigenvalue weighted by Gasteiger charge is 2.28. The molecule has 0 atom stereocenters. The minimum absolute atomic E-state index is 1.17. The third-order valence-electron chi connectivity index (χ3n) is 12.1. The standard InChI is InChI=1S/C60H40/c1-4-20-41(21-5-1)46-30-14-16-33-51(46)57-40-56(44-24-8-3-9-25-44)58(53-34-17-15-32-48(53)42-22-6-2-7-23-42)60(54-36-18-28-43-26-10-13-31-49(43)54)59(57)55-37-19-35-50-47-29-12-11-27-45(47)38-39-52(50)55/h1-40H. The summed E-state index contributed by atoms with van der Waals surface area (Å²) in [7, 11) is 0. The molecule has 0 aliphatic carbocycles. The molecule has 0 amide bonds. The molecule has 280 valence electrons. The van der Waals surface area contributed by atoms with E-state index in [0.29, 0.717) is 0 Å². The van der Waals surface area contributed by atoms with Crippen molar-refractivity contribution in [3.05, 3.63) is 243 Å². The molecular weight excluding hydrogens is 721 g/mol. The van der Waals surface area contributed by atoms with Gasteiger partial charge in [0.25, 0.3) is 0 Å². The lowest BCUT2D eigenvalue weighted by Crippen LogP contribution is -2.01. The zero-order chi connectivity index (χ0) is 39.8. The van der Waals surface area contributed by atoms with Gasteiger partial charge in [-0.25, -0.2) is 0 Å². The highest BCUT2D eigenvalue weighted by molar-refractivity contribution is 6.19. The predicted molar refractivity (Wildman–Crippen MR) is 257 cm³/mol. The molecular formula is C60H40. The first-order valence-corrected chi connectivity index (χ1v) is 20.8. The molecule has 0 nitrogen and oxygen atoms in total. The predicted octanol–water partition coefficient (Wildman–Crippen LogP) is 16.8. The first-order valence-electron chi connectivity index (χ1n) is 20.8. The SMILES string of the molecule is c1ccc(-c2ccccc2-c2cc(-c3ccccc3)c(-c3ccccc3-c3ccccc3)c(-c3cccc4ccccc34)c2-c2cccc3c2ccc2ccccc23)cc1. The minimum atomic E-state index is 1.17. The van der Waals surface area contributed by atoms with Crippen LogP contribution >= 0.6 is 0 Å². The highest BCUT2D eigenvalue weighted by Crippen LogP contribution is 2.55. The van der Waals surface area contributed by atoms with Crippen molar-refractivity contribution in [1.29, 1.82) is 0 Å². The highest BCUT2D eigenvalue weighted by atomic mass is 14.3. The van der Waals surface area contributed by atoms with E-state index in [1.165, 1.54) is 110 Å². The number of benzene rings is 11. The van der Waals surface area contributed by atoms with Gasteiger partial charge in [0.1, 0.15) is 0 Å². The van der Waals surface area contributed by atoms with Crippen LogP contribution in [-0.2, 0) is 0 Å². The van der Waals surface area contributed by atoms with E-state index in [0.717, 1.165) is 0 Å². The van der Waals surface area contributed by atoms with Crippen molar-refractivity contribution in [2.45, 2.75) is 0 Å². The zero-order valence-electron chi connectivity index (χ0n) is 33.1. The van der Waals surface area contributed by atoms with Gasteiger partial charge in [-0.1, -0.05) is 237 Å². The van der Waals surface area contributed by atoms with Crippen molar-refractivity contribution in [3.63, 3.8) is 0 Å². The second-order valence-corrected chi connectivity index (χ2v) is 15.5. The Hall–Kier alpha value is -7.80. The average Bonchev–Trinajstić information content (AvgIpc) is 3.34. The summed E-state index contributed by atoms with van der Waals surface area (Å²) in [5.41, 5.74) is 16.8. The molecule has 0 N–H and O–H groups in total. The van der Waals surface area contributed by atoms with Crippen molar-refractivity contribution in [3.8, 4) is 77.9 Å². The first-order chi connectivity index (χ1) is 29.8. The zero-order valence-corrected chi connectivity index (χ0v) is 33.1. The van der Waals surface area contributed by atoms with Crippen LogP contribution in [-0.4, -0.2) is 0 Å². The normalized spacial score (nSPS) is 11.3. The smallest absolute Gasteiger partial charge is 0.000764 e. The number of hydrogen-bond donors (Lipinski definition) is 0. The largest absolute Gasteiger partial charge is 0.0622 e. The molecule has 11 aromatic rings. The Morgan fingerprint density at radius 3 is 1.22 bits per heavy atom. The summed E-state index contributed by atoms with van der Waals surface area (Å²) in [5, 5.41) is 7.40. The van der Waals surface area contributed by atoms with E-state index < -0.39 is 0 Å². The van der Waals surface area contributed by atoms with E-state index in [1.807, 2.05) is 0 Å². The van der Waals surface area contributed by atoms with E-state index in [9.17, 15) is 0 Å². The first kappa shape index (κ1) is 35.4. The van der Waals surface area contributed by atoms with Crippen molar-refractivity contribution in [1.82, 2.24) is 0 Å². The molecule has 0 fully saturated rings. The molecule has 0 heterocycles. The van der Waals surface area contributed by atoms with Crippen molar-refractivity contribution in [2.75, 3.05) is 0 Å². The fourth-order valence-corrected chi connectivity index (χ4v) is 9.43. The maximum absolute atomic E-state index is 2.50. The fourth-order valence-electron chi connectivity index (χ4n) is 9.43. The van der Waals surface area contributed by atoms with E-state index in [2.05, 4.69) is 243 Å². The third kappa shape index (κ3) is 6.09. The van der Waals surface area contributed by atoms with Crippen LogP contribution in [0.25, 0.3) is 110 Å². The molecule has 0 spiro atoms. The lowest BCUT2D eigenvalue weighted by molar-refractivity contribution is 1.53. The number of rotatable bonds is 7. The van der Waals surface area contributed by atoms with E-state index >= 15 is 0 Å². The van der Waals surface area contributed by atoms with Gasteiger partial charge in [-0.2, -0.15) is 0 Å². The van der Waals surface area contributed by atoms with Gasteiger partial charge in [0.05, 0.1) is 0 Å². The van der Waals surface area contributed by atoms with Gasteiger partial charge in [-0.05, 0) is 116 Å². The van der Waals surface area contributed by atoms with Crippen LogP contribution in [0.4, 0.5) is 0 Å². The lowest BCUT2D eigenvalue weighted by atomic mass is 9.75. The Bertz CT molecular complexity index is 3340. The van der Waals surface area contributed by atoms with Crippen molar-refractivity contribution in [2.24, 2.45) is 0 Å². The molecule has 60 heavy (non-hydrogen) atoms. The van der Waals surface area contributed by atoms with Crippen LogP contribution in [0.2, 0.25) is 0 Å². The Kier molecular flexibility index (Phi) is 8.95. The molecule has 0 saturated heterocycles. The second kappa shape index (κ2) is 15.2. The van der Waals surface area contributed by atoms with E-state index in [1.54, 1.807) is 0 Å². The quantitative estimate of drug-likeness (QED) is 0.142. The number of fused-ring (bicyclic) bond motifs is 4.